The van der Waals surface area contributed by atoms with E-state index < -0.39 is 6.10 Å². The van der Waals surface area contributed by atoms with Crippen molar-refractivity contribution in [1.82, 2.24) is 10.2 Å². The molecule has 0 radical (unpaired) electrons. The molecule has 0 aliphatic carbocycles. The lowest BCUT2D eigenvalue weighted by atomic mass is 10.1. The average Bonchev–Trinajstić information content (AvgIpc) is 2.46. The van der Waals surface area contributed by atoms with Crippen LogP contribution in [0.15, 0.2) is 28.7 Å². The fourth-order valence-corrected chi connectivity index (χ4v) is 2.84. The summed E-state index contributed by atoms with van der Waals surface area (Å²) in [6, 6.07) is 7.96. The third-order valence-electron chi connectivity index (χ3n) is 3.60. The molecular formula is C15H22BrClN2O2. The van der Waals surface area contributed by atoms with E-state index in [-0.39, 0.29) is 18.3 Å². The number of amides is 1. The number of likely N-dealkylation sites (N-methyl/N-ethyl adjacent to an activating group) is 1. The molecule has 1 aromatic carbocycles. The van der Waals surface area contributed by atoms with Gasteiger partial charge in [-0.3, -0.25) is 4.79 Å². The van der Waals surface area contributed by atoms with Crippen LogP contribution in [0.4, 0.5) is 0 Å². The molecular weight excluding hydrogens is 356 g/mol. The van der Waals surface area contributed by atoms with Crippen molar-refractivity contribution in [3.63, 3.8) is 0 Å². The van der Waals surface area contributed by atoms with Gasteiger partial charge in [-0.2, -0.15) is 0 Å². The highest BCUT2D eigenvalue weighted by Crippen LogP contribution is 2.20. The van der Waals surface area contributed by atoms with E-state index in [2.05, 4.69) is 21.2 Å². The fourth-order valence-electron chi connectivity index (χ4n) is 2.46. The fraction of sp³-hybridized carbons (Fsp3) is 0.533. The molecule has 0 bridgehead atoms. The zero-order valence-electron chi connectivity index (χ0n) is 12.3. The van der Waals surface area contributed by atoms with Gasteiger partial charge >= 0.3 is 0 Å². The second kappa shape index (κ2) is 8.61. The lowest BCUT2D eigenvalue weighted by Gasteiger charge is -2.34. The van der Waals surface area contributed by atoms with Crippen molar-refractivity contribution in [3.8, 4) is 5.75 Å². The first-order valence-electron chi connectivity index (χ1n) is 6.98. The van der Waals surface area contributed by atoms with E-state index in [1.807, 2.05) is 43.1 Å². The average molecular weight is 378 g/mol. The van der Waals surface area contributed by atoms with Crippen molar-refractivity contribution >= 4 is 34.2 Å². The summed E-state index contributed by atoms with van der Waals surface area (Å²) < 4.78 is 6.68. The summed E-state index contributed by atoms with van der Waals surface area (Å²) >= 11 is 3.40. The Bertz CT molecular complexity index is 473. The van der Waals surface area contributed by atoms with Gasteiger partial charge in [0.1, 0.15) is 5.75 Å². The molecule has 6 heteroatoms. The van der Waals surface area contributed by atoms with E-state index in [1.54, 1.807) is 0 Å². The molecule has 2 unspecified atom stereocenters. The lowest BCUT2D eigenvalue weighted by Crippen LogP contribution is -2.50. The molecule has 1 fully saturated rings. The molecule has 118 valence electrons. The number of hydrogen-bond donors (Lipinski definition) is 1. The Balaban J connectivity index is 0.00000220. The summed E-state index contributed by atoms with van der Waals surface area (Å²) in [5.41, 5.74) is 0. The molecule has 21 heavy (non-hydrogen) atoms. The molecule has 1 aliphatic heterocycles. The van der Waals surface area contributed by atoms with Gasteiger partial charge in [0, 0.05) is 23.6 Å². The number of hydrogen-bond acceptors (Lipinski definition) is 3. The molecule has 1 saturated heterocycles. The molecule has 2 rings (SSSR count). The molecule has 0 saturated carbocycles. The van der Waals surface area contributed by atoms with E-state index in [1.165, 1.54) is 0 Å². The number of piperidine rings is 1. The van der Waals surface area contributed by atoms with Gasteiger partial charge in [0.15, 0.2) is 6.10 Å². The molecule has 0 aromatic heterocycles. The van der Waals surface area contributed by atoms with Gasteiger partial charge < -0.3 is 15.0 Å². The number of likely N-dealkylation sites (tertiary alicyclic amines) is 1. The number of ether oxygens (including phenoxy) is 1. The Kier molecular flexibility index (Phi) is 7.49. The van der Waals surface area contributed by atoms with Gasteiger partial charge in [-0.25, -0.2) is 0 Å². The van der Waals surface area contributed by atoms with Gasteiger partial charge in [0.05, 0.1) is 0 Å². The summed E-state index contributed by atoms with van der Waals surface area (Å²) in [6.07, 6.45) is 1.71. The van der Waals surface area contributed by atoms with Crippen molar-refractivity contribution < 1.29 is 9.53 Å². The third-order valence-corrected chi connectivity index (χ3v) is 4.09. The summed E-state index contributed by atoms with van der Waals surface area (Å²) in [6.45, 7) is 3.40. The summed E-state index contributed by atoms with van der Waals surface area (Å²) in [5, 5.41) is 3.24. The predicted octanol–water partition coefficient (Wildman–Crippen LogP) is 2.85. The number of nitrogens with zero attached hydrogens (tertiary/aromatic N) is 1. The first-order valence-corrected chi connectivity index (χ1v) is 7.77. The van der Waals surface area contributed by atoms with Crippen molar-refractivity contribution in [2.45, 2.75) is 31.9 Å². The number of rotatable bonds is 4. The minimum atomic E-state index is -0.458. The van der Waals surface area contributed by atoms with Crippen LogP contribution in [0.1, 0.15) is 19.8 Å². The summed E-state index contributed by atoms with van der Waals surface area (Å²) in [7, 11) is 1.94. The maximum atomic E-state index is 12.4. The van der Waals surface area contributed by atoms with Crippen LogP contribution in [0.2, 0.25) is 0 Å². The minimum Gasteiger partial charge on any atom is -0.481 e. The molecule has 1 amide bonds. The molecule has 1 aromatic rings. The highest BCUT2D eigenvalue weighted by atomic mass is 79.9. The normalized spacial score (nSPS) is 19.6. The first-order chi connectivity index (χ1) is 9.60. The zero-order valence-corrected chi connectivity index (χ0v) is 14.7. The van der Waals surface area contributed by atoms with E-state index >= 15 is 0 Å². The Morgan fingerprint density at radius 3 is 2.95 bits per heavy atom. The number of carbonyl (C=O) groups is 1. The van der Waals surface area contributed by atoms with Gasteiger partial charge in [0.25, 0.3) is 5.91 Å². The lowest BCUT2D eigenvalue weighted by molar-refractivity contribution is -0.139. The van der Waals surface area contributed by atoms with Gasteiger partial charge in [0.2, 0.25) is 0 Å². The molecule has 2 atom stereocenters. The van der Waals surface area contributed by atoms with Crippen molar-refractivity contribution in [2.75, 3.05) is 20.1 Å². The number of halogens is 2. The Morgan fingerprint density at radius 1 is 1.52 bits per heavy atom. The minimum absolute atomic E-state index is 0. The quantitative estimate of drug-likeness (QED) is 0.877. The molecule has 4 nitrogen and oxygen atoms in total. The Hall–Kier alpha value is -0.780. The van der Waals surface area contributed by atoms with Crippen molar-refractivity contribution in [3.05, 3.63) is 28.7 Å². The number of benzene rings is 1. The first kappa shape index (κ1) is 18.3. The third kappa shape index (κ3) is 5.16. The van der Waals surface area contributed by atoms with Gasteiger partial charge in [-0.15, -0.1) is 12.4 Å². The van der Waals surface area contributed by atoms with E-state index in [0.717, 1.165) is 30.4 Å². The molecule has 1 aliphatic rings. The molecule has 0 spiro atoms. The smallest absolute Gasteiger partial charge is 0.263 e. The van der Waals surface area contributed by atoms with Gasteiger partial charge in [-0.1, -0.05) is 22.0 Å². The van der Waals surface area contributed by atoms with Crippen molar-refractivity contribution in [2.24, 2.45) is 0 Å². The summed E-state index contributed by atoms with van der Waals surface area (Å²) in [4.78, 5) is 14.3. The van der Waals surface area contributed by atoms with E-state index in [0.29, 0.717) is 11.8 Å². The van der Waals surface area contributed by atoms with Crippen LogP contribution >= 0.6 is 28.3 Å². The van der Waals surface area contributed by atoms with Crippen LogP contribution in [0, 0.1) is 0 Å². The second-order valence-corrected chi connectivity index (χ2v) is 6.05. The summed E-state index contributed by atoms with van der Waals surface area (Å²) in [5.74, 6) is 0.771. The predicted molar refractivity (Wildman–Crippen MR) is 90.1 cm³/mol. The molecule has 1 heterocycles. The maximum Gasteiger partial charge on any atom is 0.263 e. The topological polar surface area (TPSA) is 41.6 Å². The van der Waals surface area contributed by atoms with Crippen LogP contribution in [0.25, 0.3) is 0 Å². The van der Waals surface area contributed by atoms with E-state index in [9.17, 15) is 4.79 Å². The van der Waals surface area contributed by atoms with Crippen LogP contribution < -0.4 is 10.1 Å². The van der Waals surface area contributed by atoms with Crippen LogP contribution in [-0.4, -0.2) is 43.1 Å². The zero-order chi connectivity index (χ0) is 14.5. The SMILES string of the molecule is CNC1CCCN(C(=O)C(C)Oc2cccc(Br)c2)C1.Cl. The largest absolute Gasteiger partial charge is 0.481 e. The monoisotopic (exact) mass is 376 g/mol. The van der Waals surface area contributed by atoms with Crippen molar-refractivity contribution in [1.29, 1.82) is 0 Å². The highest BCUT2D eigenvalue weighted by molar-refractivity contribution is 9.10. The Labute approximate surface area is 140 Å². The number of carbonyl (C=O) groups excluding carboxylic acids is 1. The maximum absolute atomic E-state index is 12.4. The van der Waals surface area contributed by atoms with Gasteiger partial charge in [-0.05, 0) is 45.0 Å². The highest BCUT2D eigenvalue weighted by Gasteiger charge is 2.27. The van der Waals surface area contributed by atoms with Crippen LogP contribution in [0.3, 0.4) is 0 Å². The second-order valence-electron chi connectivity index (χ2n) is 5.13. The van der Waals surface area contributed by atoms with Crippen LogP contribution in [0.5, 0.6) is 5.75 Å². The standard InChI is InChI=1S/C15H21BrN2O2.ClH/c1-11(20-14-7-3-5-12(16)9-14)15(19)18-8-4-6-13(10-18)17-2;/h3,5,7,9,11,13,17H,4,6,8,10H2,1-2H3;1H. The number of nitrogens with one attached hydrogen (secondary N) is 1. The molecule has 1 N–H and O–H groups in total. The van der Waals surface area contributed by atoms with E-state index in [4.69, 9.17) is 4.74 Å². The van der Waals surface area contributed by atoms with Crippen LogP contribution in [-0.2, 0) is 4.79 Å². The Morgan fingerprint density at radius 2 is 2.29 bits per heavy atom.